The molecule has 0 spiro atoms. The van der Waals surface area contributed by atoms with Crippen molar-refractivity contribution in [2.24, 2.45) is 0 Å². The summed E-state index contributed by atoms with van der Waals surface area (Å²) in [5.41, 5.74) is 2.44. The average molecular weight is 393 g/mol. The minimum absolute atomic E-state index is 0.244. The van der Waals surface area contributed by atoms with Gasteiger partial charge in [0, 0.05) is 10.0 Å². The first kappa shape index (κ1) is 17.4. The van der Waals surface area contributed by atoms with Crippen molar-refractivity contribution in [3.8, 4) is 5.75 Å². The van der Waals surface area contributed by atoms with Gasteiger partial charge in [-0.25, -0.2) is 0 Å². The summed E-state index contributed by atoms with van der Waals surface area (Å²) in [5, 5.41) is 5.90. The number of halogens is 1. The van der Waals surface area contributed by atoms with Gasteiger partial charge in [0.15, 0.2) is 5.11 Å². The van der Waals surface area contributed by atoms with Crippen molar-refractivity contribution >= 4 is 44.9 Å². The lowest BCUT2D eigenvalue weighted by atomic mass is 10.2. The van der Waals surface area contributed by atoms with Gasteiger partial charge >= 0.3 is 0 Å². The molecule has 4 nitrogen and oxygen atoms in total. The van der Waals surface area contributed by atoms with Crippen molar-refractivity contribution in [1.29, 1.82) is 0 Å². The molecular formula is C17H17BrN2O2S. The number of hydrogen-bond donors (Lipinski definition) is 2. The third kappa shape index (κ3) is 5.04. The van der Waals surface area contributed by atoms with E-state index in [-0.39, 0.29) is 11.0 Å². The Balaban J connectivity index is 1.97. The van der Waals surface area contributed by atoms with Gasteiger partial charge in [0.2, 0.25) is 0 Å². The van der Waals surface area contributed by atoms with Crippen molar-refractivity contribution < 1.29 is 9.53 Å². The van der Waals surface area contributed by atoms with Gasteiger partial charge in [0.05, 0.1) is 12.3 Å². The number of benzene rings is 2. The summed E-state index contributed by atoms with van der Waals surface area (Å²) >= 11 is 8.64. The Kier molecular flexibility index (Phi) is 6.12. The monoisotopic (exact) mass is 392 g/mol. The maximum atomic E-state index is 12.2. The number of thiocarbonyl (C=S) groups is 1. The van der Waals surface area contributed by atoms with Gasteiger partial charge in [-0.2, -0.15) is 0 Å². The molecule has 0 heterocycles. The number of anilines is 1. The zero-order valence-electron chi connectivity index (χ0n) is 12.9. The lowest BCUT2D eigenvalue weighted by molar-refractivity contribution is 0.0977. The molecule has 0 aliphatic rings. The molecule has 120 valence electrons. The standard InChI is InChI=1S/C17H17BrN2O2S/c1-3-22-13-7-5-12(6-8-13)16(21)20-17(23)19-15-9-4-11(2)10-14(15)18/h4-10H,3H2,1-2H3,(H2,19,20,21,23). The molecule has 0 atom stereocenters. The molecule has 0 radical (unpaired) electrons. The fraction of sp³-hybridized carbons (Fsp3) is 0.176. The third-order valence-electron chi connectivity index (χ3n) is 3.03. The van der Waals surface area contributed by atoms with Gasteiger partial charge in [-0.15, -0.1) is 0 Å². The van der Waals surface area contributed by atoms with Crippen LogP contribution in [0.3, 0.4) is 0 Å². The predicted molar refractivity (Wildman–Crippen MR) is 100 cm³/mol. The quantitative estimate of drug-likeness (QED) is 0.762. The van der Waals surface area contributed by atoms with Gasteiger partial charge in [0.1, 0.15) is 5.75 Å². The first-order valence-corrected chi connectivity index (χ1v) is 8.31. The van der Waals surface area contributed by atoms with Crippen LogP contribution in [-0.4, -0.2) is 17.6 Å². The Morgan fingerprint density at radius 2 is 1.91 bits per heavy atom. The summed E-state index contributed by atoms with van der Waals surface area (Å²) in [6, 6.07) is 12.7. The minimum atomic E-state index is -0.270. The molecular weight excluding hydrogens is 376 g/mol. The highest BCUT2D eigenvalue weighted by molar-refractivity contribution is 9.10. The molecule has 2 aromatic rings. The third-order valence-corrected chi connectivity index (χ3v) is 3.89. The number of amides is 1. The summed E-state index contributed by atoms with van der Waals surface area (Å²) in [6.07, 6.45) is 0. The average Bonchev–Trinajstić information content (AvgIpc) is 2.51. The van der Waals surface area contributed by atoms with E-state index >= 15 is 0 Å². The normalized spacial score (nSPS) is 10.0. The zero-order valence-corrected chi connectivity index (χ0v) is 15.3. The molecule has 2 aromatic carbocycles. The molecule has 0 aliphatic carbocycles. The topological polar surface area (TPSA) is 50.4 Å². The lowest BCUT2D eigenvalue weighted by Gasteiger charge is -2.11. The first-order chi connectivity index (χ1) is 11.0. The second-order valence-corrected chi connectivity index (χ2v) is 6.11. The number of nitrogens with one attached hydrogen (secondary N) is 2. The van der Waals surface area contributed by atoms with Crippen LogP contribution in [-0.2, 0) is 0 Å². The summed E-state index contributed by atoms with van der Waals surface area (Å²) in [5.74, 6) is 0.460. The molecule has 0 aromatic heterocycles. The van der Waals surface area contributed by atoms with Crippen LogP contribution in [0.15, 0.2) is 46.9 Å². The van der Waals surface area contributed by atoms with E-state index in [1.807, 2.05) is 32.0 Å². The molecule has 23 heavy (non-hydrogen) atoms. The van der Waals surface area contributed by atoms with Crippen LogP contribution in [0.2, 0.25) is 0 Å². The van der Waals surface area contributed by atoms with E-state index in [9.17, 15) is 4.79 Å². The van der Waals surface area contributed by atoms with E-state index in [0.717, 1.165) is 21.5 Å². The van der Waals surface area contributed by atoms with Crippen molar-refractivity contribution in [3.63, 3.8) is 0 Å². The Hall–Kier alpha value is -1.92. The summed E-state index contributed by atoms with van der Waals surface area (Å²) in [4.78, 5) is 12.2. The number of hydrogen-bond acceptors (Lipinski definition) is 3. The predicted octanol–water partition coefficient (Wildman–Crippen LogP) is 4.28. The van der Waals surface area contributed by atoms with Gasteiger partial charge in [0.25, 0.3) is 5.91 Å². The number of ether oxygens (including phenoxy) is 1. The zero-order chi connectivity index (χ0) is 16.8. The Bertz CT molecular complexity index is 717. The molecule has 0 aliphatic heterocycles. The number of aryl methyl sites for hydroxylation is 1. The SMILES string of the molecule is CCOc1ccc(C(=O)NC(=S)Nc2ccc(C)cc2Br)cc1. The van der Waals surface area contributed by atoms with E-state index in [1.54, 1.807) is 24.3 Å². The van der Waals surface area contributed by atoms with Gasteiger partial charge < -0.3 is 10.1 Å². The van der Waals surface area contributed by atoms with Crippen molar-refractivity contribution in [2.75, 3.05) is 11.9 Å². The molecule has 1 amide bonds. The Labute approximate surface area is 149 Å². The highest BCUT2D eigenvalue weighted by Gasteiger charge is 2.09. The highest BCUT2D eigenvalue weighted by atomic mass is 79.9. The highest BCUT2D eigenvalue weighted by Crippen LogP contribution is 2.23. The number of rotatable bonds is 4. The fourth-order valence-corrected chi connectivity index (χ4v) is 2.71. The maximum absolute atomic E-state index is 12.2. The second-order valence-electron chi connectivity index (χ2n) is 4.85. The van der Waals surface area contributed by atoms with E-state index in [4.69, 9.17) is 17.0 Å². The maximum Gasteiger partial charge on any atom is 0.257 e. The van der Waals surface area contributed by atoms with Gasteiger partial charge in [-0.1, -0.05) is 6.07 Å². The van der Waals surface area contributed by atoms with Crippen LogP contribution in [0.1, 0.15) is 22.8 Å². The van der Waals surface area contributed by atoms with Crippen molar-refractivity contribution in [3.05, 3.63) is 58.1 Å². The van der Waals surface area contributed by atoms with Crippen molar-refractivity contribution in [1.82, 2.24) is 5.32 Å². The Morgan fingerprint density at radius 1 is 1.22 bits per heavy atom. The first-order valence-electron chi connectivity index (χ1n) is 7.11. The van der Waals surface area contributed by atoms with Gasteiger partial charge in [-0.05, 0) is 84.0 Å². The molecule has 0 saturated heterocycles. The molecule has 0 bridgehead atoms. The van der Waals surface area contributed by atoms with Crippen molar-refractivity contribution in [2.45, 2.75) is 13.8 Å². The van der Waals surface area contributed by atoms with Crippen LogP contribution >= 0.6 is 28.1 Å². The van der Waals surface area contributed by atoms with Crippen LogP contribution in [0.25, 0.3) is 0 Å². The van der Waals surface area contributed by atoms with Crippen LogP contribution in [0.4, 0.5) is 5.69 Å². The lowest BCUT2D eigenvalue weighted by Crippen LogP contribution is -2.34. The second kappa shape index (κ2) is 8.08. The largest absolute Gasteiger partial charge is 0.494 e. The van der Waals surface area contributed by atoms with E-state index in [0.29, 0.717) is 12.2 Å². The van der Waals surface area contributed by atoms with Crippen LogP contribution in [0.5, 0.6) is 5.75 Å². The molecule has 0 fully saturated rings. The van der Waals surface area contributed by atoms with Crippen LogP contribution in [0, 0.1) is 6.92 Å². The molecule has 2 N–H and O–H groups in total. The summed E-state index contributed by atoms with van der Waals surface area (Å²) in [6.45, 7) is 4.50. The summed E-state index contributed by atoms with van der Waals surface area (Å²) < 4.78 is 6.23. The molecule has 6 heteroatoms. The minimum Gasteiger partial charge on any atom is -0.494 e. The Morgan fingerprint density at radius 3 is 2.52 bits per heavy atom. The van der Waals surface area contributed by atoms with E-state index in [1.165, 1.54) is 0 Å². The van der Waals surface area contributed by atoms with Gasteiger partial charge in [-0.3, -0.25) is 10.1 Å². The number of carbonyl (C=O) groups is 1. The van der Waals surface area contributed by atoms with E-state index in [2.05, 4.69) is 26.6 Å². The molecule has 0 unspecified atom stereocenters. The summed E-state index contributed by atoms with van der Waals surface area (Å²) in [7, 11) is 0. The fourth-order valence-electron chi connectivity index (χ4n) is 1.92. The number of carbonyl (C=O) groups excluding carboxylic acids is 1. The molecule has 0 saturated carbocycles. The van der Waals surface area contributed by atoms with Crippen LogP contribution < -0.4 is 15.4 Å². The van der Waals surface area contributed by atoms with E-state index < -0.39 is 0 Å². The molecule has 2 rings (SSSR count). The smallest absolute Gasteiger partial charge is 0.257 e.